The van der Waals surface area contributed by atoms with E-state index < -0.39 is 24.8 Å². The first-order chi connectivity index (χ1) is 7.53. The summed E-state index contributed by atoms with van der Waals surface area (Å²) in [5, 5.41) is 0. The van der Waals surface area contributed by atoms with Crippen LogP contribution in [-0.4, -0.2) is 36.2 Å². The van der Waals surface area contributed by atoms with Gasteiger partial charge >= 0.3 is 12.1 Å². The number of nitrogens with zero attached hydrogens (tertiary/aromatic N) is 1. The van der Waals surface area contributed by atoms with Crippen molar-refractivity contribution in [3.8, 4) is 0 Å². The second kappa shape index (κ2) is 4.46. The lowest BCUT2D eigenvalue weighted by Gasteiger charge is -2.41. The molecule has 2 unspecified atom stereocenters. The van der Waals surface area contributed by atoms with Crippen LogP contribution in [0.5, 0.6) is 0 Å². The highest BCUT2D eigenvalue weighted by molar-refractivity contribution is 5.82. The van der Waals surface area contributed by atoms with Crippen molar-refractivity contribution >= 4 is 5.91 Å². The number of amides is 1. The maximum absolute atomic E-state index is 13.8. The molecule has 1 aliphatic heterocycles. The SMILES string of the molecule is CC(C)(C)C1CCN(C(=O)C(F)(F)F)CC1F. The van der Waals surface area contributed by atoms with Crippen LogP contribution in [0.25, 0.3) is 0 Å². The average molecular weight is 255 g/mol. The first kappa shape index (κ1) is 14.3. The van der Waals surface area contributed by atoms with Gasteiger partial charge in [0.15, 0.2) is 0 Å². The Labute approximate surface area is 98.0 Å². The third-order valence-corrected chi connectivity index (χ3v) is 3.18. The molecule has 1 rings (SSSR count). The summed E-state index contributed by atoms with van der Waals surface area (Å²) in [6.45, 7) is 5.07. The van der Waals surface area contributed by atoms with Crippen molar-refractivity contribution in [1.82, 2.24) is 4.90 Å². The number of carbonyl (C=O) groups excluding carboxylic acids is 1. The molecule has 0 bridgehead atoms. The Balaban J connectivity index is 2.68. The summed E-state index contributed by atoms with van der Waals surface area (Å²) in [5.41, 5.74) is -0.299. The van der Waals surface area contributed by atoms with Gasteiger partial charge in [-0.05, 0) is 17.8 Å². The molecular formula is C11H17F4NO. The maximum atomic E-state index is 13.8. The summed E-state index contributed by atoms with van der Waals surface area (Å²) in [5.74, 6) is -2.24. The third kappa shape index (κ3) is 3.33. The fourth-order valence-electron chi connectivity index (χ4n) is 2.24. The van der Waals surface area contributed by atoms with Crippen LogP contribution in [0.4, 0.5) is 17.6 Å². The molecular weight excluding hydrogens is 238 g/mol. The number of hydrogen-bond acceptors (Lipinski definition) is 1. The molecule has 1 fully saturated rings. The topological polar surface area (TPSA) is 20.3 Å². The predicted molar refractivity (Wildman–Crippen MR) is 55.1 cm³/mol. The molecule has 0 N–H and O–H groups in total. The van der Waals surface area contributed by atoms with Gasteiger partial charge < -0.3 is 4.90 Å². The van der Waals surface area contributed by atoms with Crippen LogP contribution in [0.15, 0.2) is 0 Å². The fourth-order valence-corrected chi connectivity index (χ4v) is 2.24. The van der Waals surface area contributed by atoms with Crippen molar-refractivity contribution in [2.24, 2.45) is 11.3 Å². The quantitative estimate of drug-likeness (QED) is 0.609. The molecule has 0 aromatic rings. The zero-order valence-corrected chi connectivity index (χ0v) is 10.1. The van der Waals surface area contributed by atoms with E-state index in [1.54, 1.807) is 0 Å². The molecule has 6 heteroatoms. The number of carbonyl (C=O) groups is 1. The van der Waals surface area contributed by atoms with Gasteiger partial charge in [-0.2, -0.15) is 13.2 Å². The summed E-state index contributed by atoms with van der Waals surface area (Å²) in [6, 6.07) is 0. The Kier molecular flexibility index (Phi) is 3.74. The van der Waals surface area contributed by atoms with Crippen LogP contribution in [0.2, 0.25) is 0 Å². The third-order valence-electron chi connectivity index (χ3n) is 3.18. The minimum atomic E-state index is -4.91. The molecule has 0 saturated carbocycles. The summed E-state index contributed by atoms with van der Waals surface area (Å²) >= 11 is 0. The van der Waals surface area contributed by atoms with E-state index in [1.165, 1.54) is 0 Å². The minimum absolute atomic E-state index is 0.0271. The van der Waals surface area contributed by atoms with Crippen LogP contribution in [0.3, 0.4) is 0 Å². The van der Waals surface area contributed by atoms with Crippen molar-refractivity contribution in [2.45, 2.75) is 39.5 Å². The van der Waals surface area contributed by atoms with E-state index in [9.17, 15) is 22.4 Å². The van der Waals surface area contributed by atoms with Gasteiger partial charge in [0.2, 0.25) is 0 Å². The molecule has 0 spiro atoms. The van der Waals surface area contributed by atoms with Gasteiger partial charge in [-0.15, -0.1) is 0 Å². The van der Waals surface area contributed by atoms with Gasteiger partial charge in [0.05, 0.1) is 6.54 Å². The number of hydrogen-bond donors (Lipinski definition) is 0. The Morgan fingerprint density at radius 1 is 1.24 bits per heavy atom. The Morgan fingerprint density at radius 3 is 2.12 bits per heavy atom. The monoisotopic (exact) mass is 255 g/mol. The van der Waals surface area contributed by atoms with E-state index in [4.69, 9.17) is 0 Å². The van der Waals surface area contributed by atoms with E-state index in [1.807, 2.05) is 20.8 Å². The number of alkyl halides is 4. The largest absolute Gasteiger partial charge is 0.471 e. The van der Waals surface area contributed by atoms with Gasteiger partial charge in [-0.25, -0.2) is 4.39 Å². The standard InChI is InChI=1S/C11H17F4NO/c1-10(2,3)7-4-5-16(6-8(7)12)9(17)11(13,14)15/h7-8H,4-6H2,1-3H3. The fraction of sp³-hybridized carbons (Fsp3) is 0.909. The van der Waals surface area contributed by atoms with E-state index >= 15 is 0 Å². The highest BCUT2D eigenvalue weighted by atomic mass is 19.4. The van der Waals surface area contributed by atoms with E-state index in [2.05, 4.69) is 0 Å². The van der Waals surface area contributed by atoms with Gasteiger partial charge in [0.25, 0.3) is 0 Å². The Bertz CT molecular complexity index is 295. The van der Waals surface area contributed by atoms with Crippen LogP contribution < -0.4 is 0 Å². The van der Waals surface area contributed by atoms with Crippen LogP contribution in [0, 0.1) is 11.3 Å². The molecule has 100 valence electrons. The van der Waals surface area contributed by atoms with Gasteiger partial charge in [-0.3, -0.25) is 4.79 Å². The average Bonchev–Trinajstić information content (AvgIpc) is 2.12. The molecule has 1 heterocycles. The van der Waals surface area contributed by atoms with E-state index in [0.717, 1.165) is 0 Å². The maximum Gasteiger partial charge on any atom is 0.471 e. The molecule has 17 heavy (non-hydrogen) atoms. The Hall–Kier alpha value is -0.810. The number of rotatable bonds is 0. The second-order valence-electron chi connectivity index (χ2n) is 5.53. The zero-order valence-electron chi connectivity index (χ0n) is 10.1. The second-order valence-corrected chi connectivity index (χ2v) is 5.53. The molecule has 1 aliphatic rings. The molecule has 1 saturated heterocycles. The lowest BCUT2D eigenvalue weighted by atomic mass is 9.74. The van der Waals surface area contributed by atoms with E-state index in [0.29, 0.717) is 4.90 Å². The van der Waals surface area contributed by atoms with Gasteiger partial charge in [0.1, 0.15) is 6.17 Å². The first-order valence-corrected chi connectivity index (χ1v) is 5.53. The van der Waals surface area contributed by atoms with Crippen LogP contribution in [-0.2, 0) is 4.79 Å². The molecule has 1 amide bonds. The highest BCUT2D eigenvalue weighted by Gasteiger charge is 2.46. The van der Waals surface area contributed by atoms with Crippen molar-refractivity contribution in [1.29, 1.82) is 0 Å². The molecule has 0 aromatic carbocycles. The normalized spacial score (nSPS) is 27.1. The Morgan fingerprint density at radius 2 is 1.76 bits per heavy atom. The molecule has 2 atom stereocenters. The number of piperidine rings is 1. The summed E-state index contributed by atoms with van der Waals surface area (Å²) in [7, 11) is 0. The summed E-state index contributed by atoms with van der Waals surface area (Å²) in [6.07, 6.45) is -6.03. The molecule has 0 aliphatic carbocycles. The van der Waals surface area contributed by atoms with Gasteiger partial charge in [-0.1, -0.05) is 20.8 Å². The molecule has 2 nitrogen and oxygen atoms in total. The number of likely N-dealkylation sites (tertiary alicyclic amines) is 1. The van der Waals surface area contributed by atoms with Crippen molar-refractivity contribution in [3.05, 3.63) is 0 Å². The van der Waals surface area contributed by atoms with E-state index in [-0.39, 0.29) is 24.3 Å². The first-order valence-electron chi connectivity index (χ1n) is 5.53. The highest BCUT2D eigenvalue weighted by Crippen LogP contribution is 2.36. The zero-order chi connectivity index (χ0) is 13.4. The number of halogens is 4. The van der Waals surface area contributed by atoms with Crippen molar-refractivity contribution in [3.63, 3.8) is 0 Å². The summed E-state index contributed by atoms with van der Waals surface area (Å²) < 4.78 is 50.3. The lowest BCUT2D eigenvalue weighted by molar-refractivity contribution is -0.188. The molecule has 0 aromatic heterocycles. The van der Waals surface area contributed by atoms with Crippen molar-refractivity contribution < 1.29 is 22.4 Å². The van der Waals surface area contributed by atoms with Crippen LogP contribution in [0.1, 0.15) is 27.2 Å². The smallest absolute Gasteiger partial charge is 0.332 e. The van der Waals surface area contributed by atoms with Crippen LogP contribution >= 0.6 is 0 Å². The predicted octanol–water partition coefficient (Wildman–Crippen LogP) is 2.78. The van der Waals surface area contributed by atoms with Gasteiger partial charge in [0, 0.05) is 6.54 Å². The molecule has 0 radical (unpaired) electrons. The van der Waals surface area contributed by atoms with Crippen molar-refractivity contribution in [2.75, 3.05) is 13.1 Å². The summed E-state index contributed by atoms with van der Waals surface area (Å²) in [4.78, 5) is 11.5. The lowest BCUT2D eigenvalue weighted by Crippen LogP contribution is -2.51. The minimum Gasteiger partial charge on any atom is -0.332 e.